The van der Waals surface area contributed by atoms with Crippen molar-refractivity contribution in [2.24, 2.45) is 27.4 Å². The topological polar surface area (TPSA) is 130 Å². The molecule has 1 fully saturated rings. The predicted molar refractivity (Wildman–Crippen MR) is 112 cm³/mol. The molecule has 154 valence electrons. The Balaban J connectivity index is 1.84. The minimum absolute atomic E-state index is 0.123. The molecule has 1 aromatic heterocycles. The number of nitrogens with zero attached hydrogens (tertiary/aromatic N) is 4. The van der Waals surface area contributed by atoms with Crippen LogP contribution in [0.25, 0.3) is 0 Å². The number of aromatic nitrogens is 2. The van der Waals surface area contributed by atoms with Crippen molar-refractivity contribution in [3.63, 3.8) is 0 Å². The first-order valence-electron chi connectivity index (χ1n) is 9.43. The Bertz CT molecular complexity index is 974. The monoisotopic (exact) mass is 398 g/mol. The SMILES string of the molecule is COc1ccc(C/C(N=C(N)N)=N\c2cc(=O)n(CC3CCC3)cn2)cc1OC. The molecule has 4 N–H and O–H groups in total. The van der Waals surface area contributed by atoms with Crippen LogP contribution in [0, 0.1) is 5.92 Å². The summed E-state index contributed by atoms with van der Waals surface area (Å²) >= 11 is 0. The second-order valence-electron chi connectivity index (χ2n) is 6.97. The summed E-state index contributed by atoms with van der Waals surface area (Å²) in [6.45, 7) is 0.697. The number of aliphatic imine (C=N–C) groups is 2. The molecule has 9 heteroatoms. The van der Waals surface area contributed by atoms with Crippen molar-refractivity contribution in [2.75, 3.05) is 14.2 Å². The molecule has 0 unspecified atom stereocenters. The third kappa shape index (κ3) is 5.34. The zero-order chi connectivity index (χ0) is 20.8. The van der Waals surface area contributed by atoms with E-state index in [9.17, 15) is 4.79 Å². The van der Waals surface area contributed by atoms with Crippen molar-refractivity contribution in [1.29, 1.82) is 0 Å². The van der Waals surface area contributed by atoms with Gasteiger partial charge in [0, 0.05) is 19.0 Å². The van der Waals surface area contributed by atoms with Crippen LogP contribution < -0.4 is 26.5 Å². The van der Waals surface area contributed by atoms with Gasteiger partial charge in [0.2, 0.25) is 0 Å². The van der Waals surface area contributed by atoms with Crippen LogP contribution >= 0.6 is 0 Å². The van der Waals surface area contributed by atoms with Crippen molar-refractivity contribution in [1.82, 2.24) is 9.55 Å². The van der Waals surface area contributed by atoms with Crippen LogP contribution in [0.3, 0.4) is 0 Å². The van der Waals surface area contributed by atoms with E-state index in [2.05, 4.69) is 15.0 Å². The molecule has 1 heterocycles. The molecule has 29 heavy (non-hydrogen) atoms. The summed E-state index contributed by atoms with van der Waals surface area (Å²) in [7, 11) is 3.14. The molecular weight excluding hydrogens is 372 g/mol. The molecule has 2 aromatic rings. The average Bonchev–Trinajstić information content (AvgIpc) is 2.65. The highest BCUT2D eigenvalue weighted by atomic mass is 16.5. The maximum atomic E-state index is 12.4. The molecule has 0 saturated heterocycles. The Morgan fingerprint density at radius 3 is 2.55 bits per heavy atom. The van der Waals surface area contributed by atoms with Gasteiger partial charge < -0.3 is 20.9 Å². The second-order valence-corrected chi connectivity index (χ2v) is 6.97. The zero-order valence-electron chi connectivity index (χ0n) is 16.7. The molecule has 1 aliphatic rings. The van der Waals surface area contributed by atoms with E-state index in [1.165, 1.54) is 18.8 Å². The summed E-state index contributed by atoms with van der Waals surface area (Å²) < 4.78 is 12.2. The van der Waals surface area contributed by atoms with Gasteiger partial charge in [-0.3, -0.25) is 9.36 Å². The molecule has 0 atom stereocenters. The highest BCUT2D eigenvalue weighted by Crippen LogP contribution is 2.28. The lowest BCUT2D eigenvalue weighted by Crippen LogP contribution is -2.26. The molecule has 0 radical (unpaired) electrons. The fourth-order valence-electron chi connectivity index (χ4n) is 3.13. The van der Waals surface area contributed by atoms with Crippen LogP contribution in [0.4, 0.5) is 5.82 Å². The molecular formula is C20H26N6O3. The molecule has 0 aliphatic heterocycles. The van der Waals surface area contributed by atoms with E-state index in [0.29, 0.717) is 36.2 Å². The van der Waals surface area contributed by atoms with Crippen LogP contribution in [0.15, 0.2) is 45.4 Å². The van der Waals surface area contributed by atoms with Crippen LogP contribution in [-0.2, 0) is 13.0 Å². The third-order valence-corrected chi connectivity index (χ3v) is 4.86. The lowest BCUT2D eigenvalue weighted by molar-refractivity contribution is 0.272. The Morgan fingerprint density at radius 2 is 1.97 bits per heavy atom. The normalized spacial score (nSPS) is 14.2. The smallest absolute Gasteiger partial charge is 0.255 e. The largest absolute Gasteiger partial charge is 0.493 e. The van der Waals surface area contributed by atoms with E-state index in [1.807, 2.05) is 12.1 Å². The molecule has 0 amide bonds. The number of guanidine groups is 1. The number of amidine groups is 1. The number of rotatable bonds is 7. The van der Waals surface area contributed by atoms with Crippen molar-refractivity contribution in [2.45, 2.75) is 32.2 Å². The Hall–Kier alpha value is -3.36. The molecule has 0 spiro atoms. The molecule has 3 rings (SSSR count). The summed E-state index contributed by atoms with van der Waals surface area (Å²) in [6, 6.07) is 6.88. The van der Waals surface area contributed by atoms with Crippen molar-refractivity contribution in [3.05, 3.63) is 46.5 Å². The maximum absolute atomic E-state index is 12.4. The van der Waals surface area contributed by atoms with Crippen LogP contribution in [-0.4, -0.2) is 35.6 Å². The average molecular weight is 398 g/mol. The summed E-state index contributed by atoms with van der Waals surface area (Å²) in [5.74, 6) is 2.24. The van der Waals surface area contributed by atoms with Gasteiger partial charge in [-0.25, -0.2) is 9.98 Å². The standard InChI is InChI=1S/C20H26N6O3/c1-28-15-7-6-14(8-16(15)29-2)9-18(25-20(21)22)24-17-10-19(27)26(12-23-17)11-13-4-3-5-13/h6-8,10,12-13H,3-5,9,11H2,1-2H3,(H4,21,22,24,25). The lowest BCUT2D eigenvalue weighted by Gasteiger charge is -2.25. The highest BCUT2D eigenvalue weighted by Gasteiger charge is 2.18. The van der Waals surface area contributed by atoms with Gasteiger partial charge in [0.05, 0.1) is 20.5 Å². The van der Waals surface area contributed by atoms with Gasteiger partial charge >= 0.3 is 0 Å². The summed E-state index contributed by atoms with van der Waals surface area (Å²) in [4.78, 5) is 25.1. The van der Waals surface area contributed by atoms with E-state index in [0.717, 1.165) is 18.4 Å². The van der Waals surface area contributed by atoms with Gasteiger partial charge in [0.25, 0.3) is 5.56 Å². The minimum atomic E-state index is -0.138. The second kappa shape index (κ2) is 9.22. The summed E-state index contributed by atoms with van der Waals surface area (Å²) in [5.41, 5.74) is 11.8. The summed E-state index contributed by atoms with van der Waals surface area (Å²) in [5, 5.41) is 0. The zero-order valence-corrected chi connectivity index (χ0v) is 16.7. The van der Waals surface area contributed by atoms with Crippen molar-refractivity contribution < 1.29 is 9.47 Å². The minimum Gasteiger partial charge on any atom is -0.493 e. The van der Waals surface area contributed by atoms with Crippen LogP contribution in [0.1, 0.15) is 24.8 Å². The van der Waals surface area contributed by atoms with Crippen LogP contribution in [0.5, 0.6) is 11.5 Å². The van der Waals surface area contributed by atoms with E-state index in [4.69, 9.17) is 20.9 Å². The van der Waals surface area contributed by atoms with Crippen molar-refractivity contribution in [3.8, 4) is 11.5 Å². The quantitative estimate of drug-likeness (QED) is 0.538. The fraction of sp³-hybridized carbons (Fsp3) is 0.400. The van der Waals surface area contributed by atoms with E-state index in [1.54, 1.807) is 24.9 Å². The fourth-order valence-corrected chi connectivity index (χ4v) is 3.13. The summed E-state index contributed by atoms with van der Waals surface area (Å²) in [6.07, 6.45) is 5.40. The molecule has 9 nitrogen and oxygen atoms in total. The predicted octanol–water partition coefficient (Wildman–Crippen LogP) is 1.61. The van der Waals surface area contributed by atoms with Crippen LogP contribution in [0.2, 0.25) is 0 Å². The highest BCUT2D eigenvalue weighted by molar-refractivity contribution is 5.96. The van der Waals surface area contributed by atoms with Gasteiger partial charge in [-0.2, -0.15) is 4.99 Å². The Morgan fingerprint density at radius 1 is 1.21 bits per heavy atom. The molecule has 1 saturated carbocycles. The number of benzene rings is 1. The Labute approximate surface area is 169 Å². The van der Waals surface area contributed by atoms with Gasteiger partial charge in [0.15, 0.2) is 23.3 Å². The first kappa shape index (κ1) is 20.4. The van der Waals surface area contributed by atoms with E-state index < -0.39 is 0 Å². The molecule has 0 bridgehead atoms. The van der Waals surface area contributed by atoms with Gasteiger partial charge in [0.1, 0.15) is 5.84 Å². The maximum Gasteiger partial charge on any atom is 0.255 e. The number of hydrogen-bond acceptors (Lipinski definition) is 5. The third-order valence-electron chi connectivity index (χ3n) is 4.86. The molecule has 1 aromatic carbocycles. The number of nitrogens with two attached hydrogens (primary N) is 2. The van der Waals surface area contributed by atoms with E-state index in [-0.39, 0.29) is 17.3 Å². The Kier molecular flexibility index (Phi) is 6.48. The molecule has 1 aliphatic carbocycles. The number of methoxy groups -OCH3 is 2. The number of hydrogen-bond donors (Lipinski definition) is 2. The van der Waals surface area contributed by atoms with Gasteiger partial charge in [-0.1, -0.05) is 12.5 Å². The van der Waals surface area contributed by atoms with Crippen molar-refractivity contribution >= 4 is 17.6 Å². The number of ether oxygens (including phenoxy) is 2. The van der Waals surface area contributed by atoms with Gasteiger partial charge in [-0.15, -0.1) is 0 Å². The van der Waals surface area contributed by atoms with E-state index >= 15 is 0 Å². The van der Waals surface area contributed by atoms with Gasteiger partial charge in [-0.05, 0) is 36.5 Å². The lowest BCUT2D eigenvalue weighted by atomic mass is 9.85. The first-order chi connectivity index (χ1) is 14.0. The first-order valence-corrected chi connectivity index (χ1v) is 9.43.